The van der Waals surface area contributed by atoms with Gasteiger partial charge in [-0.1, -0.05) is 46.4 Å². The summed E-state index contributed by atoms with van der Waals surface area (Å²) < 4.78 is 0. The van der Waals surface area contributed by atoms with Crippen LogP contribution in [0.4, 0.5) is 0 Å². The summed E-state index contributed by atoms with van der Waals surface area (Å²) in [6.07, 6.45) is 2.50. The lowest BCUT2D eigenvalue weighted by Gasteiger charge is -2.31. The van der Waals surface area contributed by atoms with Crippen molar-refractivity contribution in [3.05, 3.63) is 0 Å². The molecule has 2 nitrogen and oxygen atoms in total. The number of rotatable bonds is 1. The van der Waals surface area contributed by atoms with Gasteiger partial charge in [-0.05, 0) is 23.7 Å². The van der Waals surface area contributed by atoms with E-state index in [1.54, 1.807) is 0 Å². The van der Waals surface area contributed by atoms with Gasteiger partial charge in [-0.2, -0.15) is 0 Å². The minimum atomic E-state index is 0.299. The number of nitrogens with zero attached hydrogens (tertiary/aromatic N) is 1. The number of hydrogen-bond donors (Lipinski definition) is 1. The molecule has 3 heteroatoms. The standard InChI is InChI=1S/C13H24N2S/c1-12(2,3)9-6-7-16-11(14-9)15-10-8-13(10,4)5/h9-10H,6-8H2,1-5H3,(H,14,15). The van der Waals surface area contributed by atoms with E-state index in [1.807, 2.05) is 11.8 Å². The van der Waals surface area contributed by atoms with Crippen LogP contribution in [0, 0.1) is 10.8 Å². The summed E-state index contributed by atoms with van der Waals surface area (Å²) in [6.45, 7) is 11.5. The van der Waals surface area contributed by atoms with Gasteiger partial charge >= 0.3 is 0 Å². The highest BCUT2D eigenvalue weighted by Crippen LogP contribution is 2.45. The second-order valence-electron chi connectivity index (χ2n) is 6.84. The zero-order chi connectivity index (χ0) is 12.0. The lowest BCUT2D eigenvalue weighted by atomic mass is 9.85. The first-order valence-corrected chi connectivity index (χ1v) is 7.25. The molecule has 0 saturated heterocycles. The Bertz CT molecular complexity index is 302. The summed E-state index contributed by atoms with van der Waals surface area (Å²) in [5, 5.41) is 4.78. The van der Waals surface area contributed by atoms with Crippen LogP contribution in [0.25, 0.3) is 0 Å². The predicted octanol–water partition coefficient (Wildman–Crippen LogP) is 3.28. The highest BCUT2D eigenvalue weighted by atomic mass is 32.2. The zero-order valence-electron chi connectivity index (χ0n) is 11.1. The third kappa shape index (κ3) is 2.73. The molecule has 2 aliphatic rings. The number of amidine groups is 1. The Hall–Kier alpha value is -0.180. The normalized spacial score (nSPS) is 33.2. The van der Waals surface area contributed by atoms with Crippen molar-refractivity contribution in [3.8, 4) is 0 Å². The first-order chi connectivity index (χ1) is 7.29. The molecular formula is C13H24N2S. The summed E-state index contributed by atoms with van der Waals surface area (Å²) in [6, 6.07) is 1.13. The smallest absolute Gasteiger partial charge is 0.157 e. The van der Waals surface area contributed by atoms with E-state index >= 15 is 0 Å². The molecule has 0 aromatic heterocycles. The molecule has 0 aromatic rings. The molecule has 1 fully saturated rings. The lowest BCUT2D eigenvalue weighted by Crippen LogP contribution is -2.35. The average molecular weight is 240 g/mol. The molecular weight excluding hydrogens is 216 g/mol. The van der Waals surface area contributed by atoms with Crippen LogP contribution in [0.1, 0.15) is 47.5 Å². The van der Waals surface area contributed by atoms with Gasteiger partial charge in [0.25, 0.3) is 0 Å². The molecule has 1 aliphatic heterocycles. The SMILES string of the molecule is CC(C)(C)C1CCSC(NC2CC2(C)C)=N1. The third-order valence-corrected chi connectivity index (χ3v) is 4.65. The molecule has 2 atom stereocenters. The monoisotopic (exact) mass is 240 g/mol. The van der Waals surface area contributed by atoms with Crippen molar-refractivity contribution in [2.24, 2.45) is 15.8 Å². The van der Waals surface area contributed by atoms with E-state index < -0.39 is 0 Å². The summed E-state index contributed by atoms with van der Waals surface area (Å²) >= 11 is 1.89. The molecule has 0 radical (unpaired) electrons. The molecule has 0 amide bonds. The minimum Gasteiger partial charge on any atom is -0.362 e. The van der Waals surface area contributed by atoms with E-state index in [0.717, 1.165) is 0 Å². The van der Waals surface area contributed by atoms with Gasteiger partial charge in [-0.25, -0.2) is 0 Å². The van der Waals surface area contributed by atoms with Crippen molar-refractivity contribution in [1.82, 2.24) is 5.32 Å². The number of aliphatic imine (C=N–C) groups is 1. The van der Waals surface area contributed by atoms with E-state index in [-0.39, 0.29) is 0 Å². The van der Waals surface area contributed by atoms with E-state index in [2.05, 4.69) is 39.9 Å². The molecule has 0 bridgehead atoms. The summed E-state index contributed by atoms with van der Waals surface area (Å²) in [5.74, 6) is 1.21. The third-order valence-electron chi connectivity index (χ3n) is 3.71. The van der Waals surface area contributed by atoms with Crippen molar-refractivity contribution >= 4 is 16.9 Å². The van der Waals surface area contributed by atoms with Gasteiger partial charge in [0.15, 0.2) is 5.17 Å². The van der Waals surface area contributed by atoms with Crippen molar-refractivity contribution in [2.45, 2.75) is 59.5 Å². The Balaban J connectivity index is 1.97. The van der Waals surface area contributed by atoms with Gasteiger partial charge in [-0.15, -0.1) is 0 Å². The van der Waals surface area contributed by atoms with Gasteiger partial charge in [0.1, 0.15) is 0 Å². The molecule has 0 spiro atoms. The van der Waals surface area contributed by atoms with E-state index in [1.165, 1.54) is 23.8 Å². The van der Waals surface area contributed by atoms with Gasteiger partial charge in [0.2, 0.25) is 0 Å². The highest BCUT2D eigenvalue weighted by molar-refractivity contribution is 8.13. The zero-order valence-corrected chi connectivity index (χ0v) is 11.9. The largest absolute Gasteiger partial charge is 0.362 e. The summed E-state index contributed by atoms with van der Waals surface area (Å²) in [7, 11) is 0. The quantitative estimate of drug-likeness (QED) is 0.760. The van der Waals surface area contributed by atoms with Crippen LogP contribution in [0.5, 0.6) is 0 Å². The molecule has 0 aromatic carbocycles. The topological polar surface area (TPSA) is 24.4 Å². The summed E-state index contributed by atoms with van der Waals surface area (Å²) in [5.41, 5.74) is 0.782. The van der Waals surface area contributed by atoms with Crippen molar-refractivity contribution in [1.29, 1.82) is 0 Å². The average Bonchev–Trinajstić information content (AvgIpc) is 2.72. The molecule has 16 heavy (non-hydrogen) atoms. The maximum atomic E-state index is 4.87. The van der Waals surface area contributed by atoms with Crippen LogP contribution in [0.2, 0.25) is 0 Å². The Labute approximate surface area is 104 Å². The van der Waals surface area contributed by atoms with Crippen LogP contribution < -0.4 is 5.32 Å². The second-order valence-corrected chi connectivity index (χ2v) is 7.93. The Morgan fingerprint density at radius 2 is 2.00 bits per heavy atom. The Morgan fingerprint density at radius 3 is 2.50 bits per heavy atom. The number of thioether (sulfide) groups is 1. The van der Waals surface area contributed by atoms with Crippen molar-refractivity contribution in [2.75, 3.05) is 5.75 Å². The van der Waals surface area contributed by atoms with Gasteiger partial charge < -0.3 is 5.32 Å². The second kappa shape index (κ2) is 3.94. The van der Waals surface area contributed by atoms with Gasteiger partial charge in [0, 0.05) is 11.8 Å². The van der Waals surface area contributed by atoms with Crippen LogP contribution in [-0.4, -0.2) is 23.0 Å². The predicted molar refractivity (Wildman–Crippen MR) is 73.1 cm³/mol. The fraction of sp³-hybridized carbons (Fsp3) is 0.923. The van der Waals surface area contributed by atoms with Gasteiger partial charge in [-0.3, -0.25) is 4.99 Å². The lowest BCUT2D eigenvalue weighted by molar-refractivity contribution is 0.315. The molecule has 1 N–H and O–H groups in total. The van der Waals surface area contributed by atoms with E-state index in [9.17, 15) is 0 Å². The van der Waals surface area contributed by atoms with Crippen LogP contribution in [0.3, 0.4) is 0 Å². The maximum absolute atomic E-state index is 4.87. The fourth-order valence-corrected chi connectivity index (χ4v) is 3.04. The molecule has 92 valence electrons. The molecule has 1 aliphatic carbocycles. The molecule has 1 saturated carbocycles. The molecule has 2 unspecified atom stereocenters. The van der Waals surface area contributed by atoms with Crippen LogP contribution in [-0.2, 0) is 0 Å². The molecule has 1 heterocycles. The highest BCUT2D eigenvalue weighted by Gasteiger charge is 2.46. The van der Waals surface area contributed by atoms with Crippen molar-refractivity contribution < 1.29 is 0 Å². The Kier molecular flexibility index (Phi) is 3.02. The van der Waals surface area contributed by atoms with Gasteiger partial charge in [0.05, 0.1) is 6.04 Å². The minimum absolute atomic E-state index is 0.299. The van der Waals surface area contributed by atoms with E-state index in [4.69, 9.17) is 4.99 Å². The molecule has 2 rings (SSSR count). The number of nitrogens with one attached hydrogen (secondary N) is 1. The maximum Gasteiger partial charge on any atom is 0.157 e. The van der Waals surface area contributed by atoms with Crippen molar-refractivity contribution in [3.63, 3.8) is 0 Å². The first-order valence-electron chi connectivity index (χ1n) is 6.26. The van der Waals surface area contributed by atoms with Crippen LogP contribution in [0.15, 0.2) is 4.99 Å². The van der Waals surface area contributed by atoms with Crippen LogP contribution >= 0.6 is 11.8 Å². The number of hydrogen-bond acceptors (Lipinski definition) is 3. The Morgan fingerprint density at radius 1 is 1.38 bits per heavy atom. The summed E-state index contributed by atoms with van der Waals surface area (Å²) in [4.78, 5) is 4.87. The first kappa shape index (κ1) is 12.3. The fourth-order valence-electron chi connectivity index (χ4n) is 2.08. The van der Waals surface area contributed by atoms with E-state index in [0.29, 0.717) is 22.9 Å².